The number of nitrogens with zero attached hydrogens (tertiary/aromatic N) is 1. The molecule has 27 heavy (non-hydrogen) atoms. The second kappa shape index (κ2) is 11.7. The van der Waals surface area contributed by atoms with Gasteiger partial charge in [0, 0.05) is 6.54 Å². The van der Waals surface area contributed by atoms with Gasteiger partial charge in [0.2, 0.25) is 0 Å². The number of hydrogen-bond donors (Lipinski definition) is 3. The molecule has 0 aliphatic heterocycles. The Hall–Kier alpha value is -2.81. The predicted molar refractivity (Wildman–Crippen MR) is 99.4 cm³/mol. The molecule has 0 heterocycles. The Morgan fingerprint density at radius 3 is 2.59 bits per heavy atom. The van der Waals surface area contributed by atoms with Crippen molar-refractivity contribution in [1.29, 1.82) is 0 Å². The van der Waals surface area contributed by atoms with Gasteiger partial charge in [-0.05, 0) is 31.0 Å². The highest BCUT2D eigenvalue weighted by Crippen LogP contribution is 2.36. The van der Waals surface area contributed by atoms with Crippen LogP contribution in [-0.4, -0.2) is 48.9 Å². The maximum absolute atomic E-state index is 11.6. The van der Waals surface area contributed by atoms with E-state index in [1.807, 2.05) is 6.92 Å². The molecule has 2 amide bonds. The summed E-state index contributed by atoms with van der Waals surface area (Å²) in [6, 6.07) is 2.97. The minimum atomic E-state index is -1.15. The molecular formula is C17H22ClN3O6. The SMILES string of the molecule is CCCCNC(=O)C(=O)N/N=C\c1cc(Cl)c(OCC(=O)O)c(OCC)c1. The van der Waals surface area contributed by atoms with Crippen molar-refractivity contribution in [2.75, 3.05) is 19.8 Å². The second-order valence-electron chi connectivity index (χ2n) is 5.25. The number of halogens is 1. The van der Waals surface area contributed by atoms with Gasteiger partial charge in [-0.15, -0.1) is 0 Å². The fourth-order valence-corrected chi connectivity index (χ4v) is 2.15. The highest BCUT2D eigenvalue weighted by atomic mass is 35.5. The first-order valence-electron chi connectivity index (χ1n) is 8.31. The van der Waals surface area contributed by atoms with Crippen molar-refractivity contribution in [2.45, 2.75) is 26.7 Å². The van der Waals surface area contributed by atoms with E-state index >= 15 is 0 Å². The van der Waals surface area contributed by atoms with Crippen molar-refractivity contribution in [3.8, 4) is 11.5 Å². The molecule has 0 aromatic heterocycles. The van der Waals surface area contributed by atoms with E-state index in [-0.39, 0.29) is 16.5 Å². The molecule has 1 aromatic carbocycles. The molecule has 0 spiro atoms. The van der Waals surface area contributed by atoms with E-state index in [1.165, 1.54) is 18.3 Å². The highest BCUT2D eigenvalue weighted by Gasteiger charge is 2.14. The third-order valence-electron chi connectivity index (χ3n) is 3.07. The molecule has 0 unspecified atom stereocenters. The number of amides is 2. The summed E-state index contributed by atoms with van der Waals surface area (Å²) in [6.07, 6.45) is 2.94. The number of carboxylic acids is 1. The molecule has 0 aliphatic rings. The number of carbonyl (C=O) groups excluding carboxylic acids is 2. The molecule has 0 saturated carbocycles. The Morgan fingerprint density at radius 1 is 1.22 bits per heavy atom. The molecule has 3 N–H and O–H groups in total. The van der Waals surface area contributed by atoms with E-state index in [4.69, 9.17) is 26.2 Å². The van der Waals surface area contributed by atoms with E-state index in [9.17, 15) is 14.4 Å². The quantitative estimate of drug-likeness (QED) is 0.237. The zero-order valence-corrected chi connectivity index (χ0v) is 15.8. The maximum Gasteiger partial charge on any atom is 0.341 e. The Balaban J connectivity index is 2.79. The molecule has 1 rings (SSSR count). The van der Waals surface area contributed by atoms with Gasteiger partial charge in [-0.25, -0.2) is 10.2 Å². The first-order chi connectivity index (χ1) is 12.9. The van der Waals surface area contributed by atoms with Crippen molar-refractivity contribution in [2.24, 2.45) is 5.10 Å². The zero-order valence-electron chi connectivity index (χ0n) is 15.1. The molecule has 0 saturated heterocycles. The molecule has 0 radical (unpaired) electrons. The summed E-state index contributed by atoms with van der Waals surface area (Å²) in [4.78, 5) is 33.8. The minimum Gasteiger partial charge on any atom is -0.490 e. The van der Waals surface area contributed by atoms with Gasteiger partial charge < -0.3 is 19.9 Å². The topological polar surface area (TPSA) is 126 Å². The van der Waals surface area contributed by atoms with Crippen molar-refractivity contribution >= 4 is 35.6 Å². The zero-order chi connectivity index (χ0) is 20.2. The van der Waals surface area contributed by atoms with Crippen LogP contribution >= 0.6 is 11.6 Å². The van der Waals surface area contributed by atoms with Crippen molar-refractivity contribution < 1.29 is 29.0 Å². The molecule has 9 nitrogen and oxygen atoms in total. The number of carboxylic acid groups (broad SMARTS) is 1. The molecule has 0 aliphatic carbocycles. The van der Waals surface area contributed by atoms with Gasteiger partial charge in [-0.2, -0.15) is 5.10 Å². The summed E-state index contributed by atoms with van der Waals surface area (Å²) in [6.45, 7) is 3.85. The van der Waals surface area contributed by atoms with Gasteiger partial charge >= 0.3 is 17.8 Å². The number of unbranched alkanes of at least 4 members (excludes halogenated alkanes) is 1. The average Bonchev–Trinajstić information content (AvgIpc) is 2.61. The van der Waals surface area contributed by atoms with E-state index in [0.29, 0.717) is 18.7 Å². The summed E-state index contributed by atoms with van der Waals surface area (Å²) in [5, 5.41) is 15.0. The molecule has 0 bridgehead atoms. The lowest BCUT2D eigenvalue weighted by Crippen LogP contribution is -2.38. The van der Waals surface area contributed by atoms with Crippen LogP contribution in [0.4, 0.5) is 0 Å². The van der Waals surface area contributed by atoms with Crippen LogP contribution < -0.4 is 20.2 Å². The predicted octanol–water partition coefficient (Wildman–Crippen LogP) is 1.57. The van der Waals surface area contributed by atoms with Crippen molar-refractivity contribution in [1.82, 2.24) is 10.7 Å². The first kappa shape index (κ1) is 22.2. The van der Waals surface area contributed by atoms with Gasteiger partial charge in [0.15, 0.2) is 18.1 Å². The Morgan fingerprint density at radius 2 is 1.96 bits per heavy atom. The molecular weight excluding hydrogens is 378 g/mol. The van der Waals surface area contributed by atoms with Crippen molar-refractivity contribution in [3.05, 3.63) is 22.7 Å². The van der Waals surface area contributed by atoms with Gasteiger partial charge in [0.25, 0.3) is 0 Å². The average molecular weight is 400 g/mol. The van der Waals surface area contributed by atoms with E-state index < -0.39 is 24.4 Å². The Kier molecular flexibility index (Phi) is 9.66. The normalized spacial score (nSPS) is 10.5. The largest absolute Gasteiger partial charge is 0.490 e. The lowest BCUT2D eigenvalue weighted by molar-refractivity contribution is -0.139. The summed E-state index contributed by atoms with van der Waals surface area (Å²) >= 11 is 6.11. The van der Waals surface area contributed by atoms with Crippen LogP contribution in [0.25, 0.3) is 0 Å². The Bertz CT molecular complexity index is 708. The summed E-state index contributed by atoms with van der Waals surface area (Å²) < 4.78 is 10.5. The molecule has 1 aromatic rings. The third-order valence-corrected chi connectivity index (χ3v) is 3.35. The number of carbonyl (C=O) groups is 3. The van der Waals surface area contributed by atoms with Crippen LogP contribution in [0.15, 0.2) is 17.2 Å². The van der Waals surface area contributed by atoms with Gasteiger partial charge in [-0.1, -0.05) is 24.9 Å². The smallest absolute Gasteiger partial charge is 0.341 e. The first-order valence-corrected chi connectivity index (χ1v) is 8.69. The highest BCUT2D eigenvalue weighted by molar-refractivity contribution is 6.35. The molecule has 10 heteroatoms. The molecule has 0 atom stereocenters. The van der Waals surface area contributed by atoms with E-state index in [0.717, 1.165) is 12.8 Å². The van der Waals surface area contributed by atoms with Crippen LogP contribution in [0.1, 0.15) is 32.3 Å². The number of hydrazone groups is 1. The lowest BCUT2D eigenvalue weighted by Gasteiger charge is -2.13. The number of nitrogens with one attached hydrogen (secondary N) is 2. The van der Waals surface area contributed by atoms with Gasteiger partial charge in [0.05, 0.1) is 17.8 Å². The fourth-order valence-electron chi connectivity index (χ4n) is 1.87. The molecule has 148 valence electrons. The van der Waals surface area contributed by atoms with Crippen LogP contribution in [0.5, 0.6) is 11.5 Å². The summed E-state index contributed by atoms with van der Waals surface area (Å²) in [5.74, 6) is -2.49. The van der Waals surface area contributed by atoms with Gasteiger partial charge in [0.1, 0.15) is 0 Å². The number of aliphatic carboxylic acids is 1. The summed E-state index contributed by atoms with van der Waals surface area (Å²) in [5.41, 5.74) is 2.57. The van der Waals surface area contributed by atoms with Crippen LogP contribution in [0.3, 0.4) is 0 Å². The minimum absolute atomic E-state index is 0.0948. The summed E-state index contributed by atoms with van der Waals surface area (Å²) in [7, 11) is 0. The number of ether oxygens (including phenoxy) is 2. The van der Waals surface area contributed by atoms with Crippen LogP contribution in [0, 0.1) is 0 Å². The second-order valence-corrected chi connectivity index (χ2v) is 5.66. The van der Waals surface area contributed by atoms with Gasteiger partial charge in [-0.3, -0.25) is 9.59 Å². The number of rotatable bonds is 10. The molecule has 0 fully saturated rings. The fraction of sp³-hybridized carbons (Fsp3) is 0.412. The van der Waals surface area contributed by atoms with E-state index in [2.05, 4.69) is 15.8 Å². The number of benzene rings is 1. The standard InChI is InChI=1S/C17H22ClN3O6/c1-3-5-6-19-16(24)17(25)21-20-9-11-7-12(18)15(27-10-14(22)23)13(8-11)26-4-2/h7-9H,3-6,10H2,1-2H3,(H,19,24)(H,21,25)(H,22,23)/b20-9-. The van der Waals surface area contributed by atoms with Crippen molar-refractivity contribution in [3.63, 3.8) is 0 Å². The van der Waals surface area contributed by atoms with Crippen LogP contribution in [0.2, 0.25) is 5.02 Å². The monoisotopic (exact) mass is 399 g/mol. The van der Waals surface area contributed by atoms with Crippen LogP contribution in [-0.2, 0) is 14.4 Å². The third kappa shape index (κ3) is 7.95. The lowest BCUT2D eigenvalue weighted by atomic mass is 10.2. The van der Waals surface area contributed by atoms with E-state index in [1.54, 1.807) is 6.92 Å². The maximum atomic E-state index is 11.6. The Labute approximate surface area is 161 Å². The number of hydrogen-bond acceptors (Lipinski definition) is 6.